The molecule has 3 nitrogen and oxygen atoms in total. The number of aryl methyl sites for hydroxylation is 1. The summed E-state index contributed by atoms with van der Waals surface area (Å²) in [6.07, 6.45) is 1.07. The highest BCUT2D eigenvalue weighted by Crippen LogP contribution is 2.31. The maximum atomic E-state index is 9.77. The first-order valence-corrected chi connectivity index (χ1v) is 6.90. The molecule has 3 heteroatoms. The normalized spacial score (nSPS) is 12.5. The van der Waals surface area contributed by atoms with E-state index in [1.165, 1.54) is 5.56 Å². The summed E-state index contributed by atoms with van der Waals surface area (Å²) in [5, 5.41) is 9.77. The van der Waals surface area contributed by atoms with Crippen molar-refractivity contribution in [3.05, 3.63) is 53.2 Å². The number of aromatic nitrogens is 1. The lowest BCUT2D eigenvalue weighted by molar-refractivity contribution is 0.194. The van der Waals surface area contributed by atoms with E-state index in [0.29, 0.717) is 17.4 Å². The van der Waals surface area contributed by atoms with E-state index in [4.69, 9.17) is 4.74 Å². The number of aliphatic hydroxyl groups is 1. The molecular weight excluding hydrogens is 250 g/mol. The maximum absolute atomic E-state index is 9.77. The molecular formula is C17H21NO2. The predicted molar refractivity (Wildman–Crippen MR) is 80.2 cm³/mol. The van der Waals surface area contributed by atoms with Gasteiger partial charge in [-0.1, -0.05) is 26.0 Å². The van der Waals surface area contributed by atoms with Gasteiger partial charge in [-0.05, 0) is 49.1 Å². The van der Waals surface area contributed by atoms with Crippen LogP contribution >= 0.6 is 0 Å². The fourth-order valence-electron chi connectivity index (χ4n) is 2.00. The van der Waals surface area contributed by atoms with Crippen LogP contribution in [0.1, 0.15) is 49.5 Å². The number of nitrogens with zero attached hydrogens (tertiary/aromatic N) is 1. The second-order valence-electron chi connectivity index (χ2n) is 5.36. The van der Waals surface area contributed by atoms with Crippen LogP contribution in [0.25, 0.3) is 0 Å². The van der Waals surface area contributed by atoms with Crippen molar-refractivity contribution in [1.82, 2.24) is 4.98 Å². The lowest BCUT2D eigenvalue weighted by Gasteiger charge is -2.15. The largest absolute Gasteiger partial charge is 0.438 e. The zero-order chi connectivity index (χ0) is 14.7. The van der Waals surface area contributed by atoms with Crippen molar-refractivity contribution in [2.75, 3.05) is 0 Å². The number of ether oxygens (including phenoxy) is 1. The SMILES string of the molecule is Cc1ccc(C(C)C)cc1Oc1ncccc1[C@@H](C)O. The highest BCUT2D eigenvalue weighted by atomic mass is 16.5. The highest BCUT2D eigenvalue weighted by Gasteiger charge is 2.12. The van der Waals surface area contributed by atoms with E-state index in [-0.39, 0.29) is 0 Å². The number of aliphatic hydroxyl groups excluding tert-OH is 1. The molecule has 0 spiro atoms. The van der Waals surface area contributed by atoms with Crippen LogP contribution in [-0.4, -0.2) is 10.1 Å². The number of hydrogen-bond donors (Lipinski definition) is 1. The zero-order valence-corrected chi connectivity index (χ0v) is 12.4. The molecule has 0 aliphatic heterocycles. The van der Waals surface area contributed by atoms with Gasteiger partial charge < -0.3 is 9.84 Å². The number of benzene rings is 1. The summed E-state index contributed by atoms with van der Waals surface area (Å²) in [4.78, 5) is 4.23. The smallest absolute Gasteiger partial charge is 0.225 e. The molecule has 0 aliphatic carbocycles. The molecule has 0 radical (unpaired) electrons. The molecule has 0 unspecified atom stereocenters. The summed E-state index contributed by atoms with van der Waals surface area (Å²) in [6, 6.07) is 9.83. The minimum absolute atomic E-state index is 0.443. The lowest BCUT2D eigenvalue weighted by Crippen LogP contribution is -1.99. The minimum atomic E-state index is -0.604. The van der Waals surface area contributed by atoms with E-state index in [0.717, 1.165) is 11.3 Å². The number of pyridine rings is 1. The molecule has 0 fully saturated rings. The first kappa shape index (κ1) is 14.5. The Kier molecular flexibility index (Phi) is 4.40. The van der Waals surface area contributed by atoms with E-state index < -0.39 is 6.10 Å². The second-order valence-corrected chi connectivity index (χ2v) is 5.36. The third-order valence-electron chi connectivity index (χ3n) is 3.34. The van der Waals surface area contributed by atoms with E-state index in [2.05, 4.69) is 31.0 Å². The summed E-state index contributed by atoms with van der Waals surface area (Å²) in [5.74, 6) is 1.70. The molecule has 106 valence electrons. The molecule has 20 heavy (non-hydrogen) atoms. The topological polar surface area (TPSA) is 42.4 Å². The summed E-state index contributed by atoms with van der Waals surface area (Å²) >= 11 is 0. The van der Waals surface area contributed by atoms with Crippen LogP contribution in [0, 0.1) is 6.92 Å². The van der Waals surface area contributed by atoms with Gasteiger partial charge in [0, 0.05) is 11.8 Å². The van der Waals surface area contributed by atoms with Gasteiger partial charge in [0.2, 0.25) is 5.88 Å². The molecule has 1 atom stereocenters. The monoisotopic (exact) mass is 271 g/mol. The Labute approximate surface area is 120 Å². The zero-order valence-electron chi connectivity index (χ0n) is 12.4. The van der Waals surface area contributed by atoms with Crippen LogP contribution in [0.2, 0.25) is 0 Å². The molecule has 1 aromatic heterocycles. The van der Waals surface area contributed by atoms with Gasteiger partial charge in [-0.15, -0.1) is 0 Å². The Hall–Kier alpha value is -1.87. The first-order chi connectivity index (χ1) is 9.49. The van der Waals surface area contributed by atoms with Gasteiger partial charge in [0.1, 0.15) is 5.75 Å². The predicted octanol–water partition coefficient (Wildman–Crippen LogP) is 4.36. The van der Waals surface area contributed by atoms with Crippen molar-refractivity contribution in [1.29, 1.82) is 0 Å². The molecule has 1 aromatic carbocycles. The molecule has 2 rings (SSSR count). The Morgan fingerprint density at radius 3 is 2.55 bits per heavy atom. The Morgan fingerprint density at radius 2 is 1.90 bits per heavy atom. The first-order valence-electron chi connectivity index (χ1n) is 6.90. The van der Waals surface area contributed by atoms with Crippen molar-refractivity contribution < 1.29 is 9.84 Å². The summed E-state index contributed by atoms with van der Waals surface area (Å²) in [6.45, 7) is 8.01. The van der Waals surface area contributed by atoms with Crippen LogP contribution in [0.15, 0.2) is 36.5 Å². The molecule has 2 aromatic rings. The van der Waals surface area contributed by atoms with Gasteiger partial charge in [0.05, 0.1) is 6.10 Å². The molecule has 0 amide bonds. The number of hydrogen-bond acceptors (Lipinski definition) is 3. The molecule has 0 aliphatic rings. The molecule has 0 bridgehead atoms. The minimum Gasteiger partial charge on any atom is -0.438 e. The van der Waals surface area contributed by atoms with Gasteiger partial charge in [0.25, 0.3) is 0 Å². The van der Waals surface area contributed by atoms with Gasteiger partial charge in [-0.3, -0.25) is 0 Å². The molecule has 0 saturated heterocycles. The number of rotatable bonds is 4. The average molecular weight is 271 g/mol. The quantitative estimate of drug-likeness (QED) is 0.898. The van der Waals surface area contributed by atoms with E-state index in [9.17, 15) is 5.11 Å². The summed E-state index contributed by atoms with van der Waals surface area (Å²) in [7, 11) is 0. The van der Waals surface area contributed by atoms with E-state index in [1.54, 1.807) is 19.2 Å². The standard InChI is InChI=1S/C17H21NO2/c1-11(2)14-8-7-12(3)16(10-14)20-17-15(13(4)19)6-5-9-18-17/h5-11,13,19H,1-4H3/t13-/m1/s1. The average Bonchev–Trinajstić information content (AvgIpc) is 2.41. The van der Waals surface area contributed by atoms with Gasteiger partial charge in [0.15, 0.2) is 0 Å². The Morgan fingerprint density at radius 1 is 1.15 bits per heavy atom. The van der Waals surface area contributed by atoms with Crippen LogP contribution in [0.3, 0.4) is 0 Å². The molecule has 0 saturated carbocycles. The van der Waals surface area contributed by atoms with Crippen molar-refractivity contribution in [2.24, 2.45) is 0 Å². The molecule has 1 N–H and O–H groups in total. The van der Waals surface area contributed by atoms with Crippen molar-refractivity contribution in [3.8, 4) is 11.6 Å². The van der Waals surface area contributed by atoms with Crippen molar-refractivity contribution in [3.63, 3.8) is 0 Å². The van der Waals surface area contributed by atoms with Crippen LogP contribution in [0.5, 0.6) is 11.6 Å². The lowest BCUT2D eigenvalue weighted by atomic mass is 10.0. The van der Waals surface area contributed by atoms with Crippen LogP contribution in [0.4, 0.5) is 0 Å². The van der Waals surface area contributed by atoms with E-state index >= 15 is 0 Å². The molecule has 1 heterocycles. The maximum Gasteiger partial charge on any atom is 0.225 e. The Bertz CT molecular complexity index is 591. The van der Waals surface area contributed by atoms with Crippen molar-refractivity contribution >= 4 is 0 Å². The Balaban J connectivity index is 2.37. The second kappa shape index (κ2) is 6.06. The van der Waals surface area contributed by atoms with Gasteiger partial charge in [-0.25, -0.2) is 4.98 Å². The third kappa shape index (κ3) is 3.17. The van der Waals surface area contributed by atoms with Gasteiger partial charge >= 0.3 is 0 Å². The fraction of sp³-hybridized carbons (Fsp3) is 0.353. The summed E-state index contributed by atoms with van der Waals surface area (Å²) in [5.41, 5.74) is 2.97. The van der Waals surface area contributed by atoms with Crippen LogP contribution < -0.4 is 4.74 Å². The summed E-state index contributed by atoms with van der Waals surface area (Å²) < 4.78 is 5.92. The van der Waals surface area contributed by atoms with Gasteiger partial charge in [-0.2, -0.15) is 0 Å². The van der Waals surface area contributed by atoms with Crippen LogP contribution in [-0.2, 0) is 0 Å². The fourth-order valence-corrected chi connectivity index (χ4v) is 2.00. The highest BCUT2D eigenvalue weighted by molar-refractivity contribution is 5.41. The van der Waals surface area contributed by atoms with Crippen molar-refractivity contribution in [2.45, 2.75) is 39.7 Å². The third-order valence-corrected chi connectivity index (χ3v) is 3.34. The van der Waals surface area contributed by atoms with E-state index in [1.807, 2.05) is 19.1 Å².